The number of hydrogen-bond acceptors (Lipinski definition) is 3. The van der Waals surface area contributed by atoms with Gasteiger partial charge < -0.3 is 5.32 Å². The van der Waals surface area contributed by atoms with E-state index < -0.39 is 6.04 Å². The first kappa shape index (κ1) is 16.7. The van der Waals surface area contributed by atoms with Crippen LogP contribution in [-0.4, -0.2) is 31.0 Å². The molecule has 0 spiro atoms. The van der Waals surface area contributed by atoms with Crippen LogP contribution in [0.3, 0.4) is 0 Å². The van der Waals surface area contributed by atoms with Crippen LogP contribution in [0.15, 0.2) is 60.7 Å². The second-order valence-electron chi connectivity index (χ2n) is 5.09. The molecular formula is C18H20N2O3. The molecule has 120 valence electrons. The van der Waals surface area contributed by atoms with E-state index >= 15 is 0 Å². The number of amides is 2. The number of hydroxylamine groups is 2. The third-order valence-electron chi connectivity index (χ3n) is 3.48. The maximum Gasteiger partial charge on any atom is 0.273 e. The van der Waals surface area contributed by atoms with Crippen molar-refractivity contribution in [2.45, 2.75) is 12.5 Å². The number of rotatable bonds is 6. The normalized spacial score (nSPS) is 11.6. The van der Waals surface area contributed by atoms with E-state index in [4.69, 9.17) is 4.84 Å². The van der Waals surface area contributed by atoms with Crippen LogP contribution in [0.25, 0.3) is 0 Å². The molecule has 2 aromatic carbocycles. The van der Waals surface area contributed by atoms with Gasteiger partial charge >= 0.3 is 0 Å². The van der Waals surface area contributed by atoms with Crippen molar-refractivity contribution in [2.24, 2.45) is 0 Å². The summed E-state index contributed by atoms with van der Waals surface area (Å²) in [6, 6.07) is 17.7. The summed E-state index contributed by atoms with van der Waals surface area (Å²) in [5.41, 5.74) is 1.60. The van der Waals surface area contributed by atoms with Gasteiger partial charge in [-0.2, -0.15) is 0 Å². The van der Waals surface area contributed by atoms with Gasteiger partial charge in [0.2, 0.25) is 5.91 Å². The monoisotopic (exact) mass is 312 g/mol. The zero-order chi connectivity index (χ0) is 16.7. The molecule has 0 aliphatic heterocycles. The molecule has 5 heteroatoms. The molecule has 5 nitrogen and oxygen atoms in total. The van der Waals surface area contributed by atoms with Crippen LogP contribution in [0.5, 0.6) is 0 Å². The van der Waals surface area contributed by atoms with Crippen molar-refractivity contribution < 1.29 is 14.4 Å². The van der Waals surface area contributed by atoms with Crippen LogP contribution in [0.2, 0.25) is 0 Å². The van der Waals surface area contributed by atoms with Gasteiger partial charge in [0.1, 0.15) is 6.04 Å². The Morgan fingerprint density at radius 1 is 1.04 bits per heavy atom. The molecule has 0 heterocycles. The van der Waals surface area contributed by atoms with Gasteiger partial charge in [0.25, 0.3) is 5.91 Å². The third-order valence-corrected chi connectivity index (χ3v) is 3.48. The van der Waals surface area contributed by atoms with Gasteiger partial charge in [0, 0.05) is 7.05 Å². The molecule has 2 rings (SSSR count). The lowest BCUT2D eigenvalue weighted by molar-refractivity contribution is -0.171. The summed E-state index contributed by atoms with van der Waals surface area (Å²) in [5, 5.41) is 3.90. The Bertz CT molecular complexity index is 644. The number of hydrogen-bond donors (Lipinski definition) is 1. The number of carbonyl (C=O) groups is 2. The van der Waals surface area contributed by atoms with Gasteiger partial charge in [-0.1, -0.05) is 60.7 Å². The van der Waals surface area contributed by atoms with Crippen molar-refractivity contribution in [3.05, 3.63) is 71.8 Å². The minimum atomic E-state index is -0.780. The average molecular weight is 312 g/mol. The van der Waals surface area contributed by atoms with Crippen molar-refractivity contribution in [1.29, 1.82) is 0 Å². The molecule has 0 aromatic heterocycles. The molecule has 0 bridgehead atoms. The number of benzene rings is 2. The van der Waals surface area contributed by atoms with Crippen molar-refractivity contribution in [3.8, 4) is 0 Å². The minimum Gasteiger partial charge on any atom is -0.340 e. The Balaban J connectivity index is 2.14. The largest absolute Gasteiger partial charge is 0.340 e. The van der Waals surface area contributed by atoms with Gasteiger partial charge in [-0.15, -0.1) is 0 Å². The van der Waals surface area contributed by atoms with Gasteiger partial charge in [-0.05, 0) is 11.1 Å². The van der Waals surface area contributed by atoms with Gasteiger partial charge in [0.05, 0.1) is 13.5 Å². The first-order valence-corrected chi connectivity index (χ1v) is 7.31. The topological polar surface area (TPSA) is 58.6 Å². The predicted octanol–water partition coefficient (Wildman–Crippen LogP) is 2.11. The fraction of sp³-hybridized carbons (Fsp3) is 0.222. The first-order chi connectivity index (χ1) is 11.1. The highest BCUT2D eigenvalue weighted by Crippen LogP contribution is 2.15. The van der Waals surface area contributed by atoms with E-state index in [1.54, 1.807) is 12.1 Å². The maximum absolute atomic E-state index is 12.4. The molecule has 0 fully saturated rings. The highest BCUT2D eigenvalue weighted by Gasteiger charge is 2.25. The van der Waals surface area contributed by atoms with Crippen LogP contribution in [-0.2, 0) is 20.8 Å². The molecule has 2 aromatic rings. The van der Waals surface area contributed by atoms with Gasteiger partial charge in [-0.25, -0.2) is 5.06 Å². The van der Waals surface area contributed by atoms with E-state index in [9.17, 15) is 9.59 Å². The third kappa shape index (κ3) is 4.66. The smallest absolute Gasteiger partial charge is 0.273 e. The van der Waals surface area contributed by atoms with Crippen LogP contribution in [0.1, 0.15) is 17.2 Å². The molecule has 0 aliphatic carbocycles. The number of nitrogens with zero attached hydrogens (tertiary/aromatic N) is 1. The zero-order valence-corrected chi connectivity index (χ0v) is 13.2. The first-order valence-electron chi connectivity index (χ1n) is 7.31. The van der Waals surface area contributed by atoms with E-state index in [-0.39, 0.29) is 18.2 Å². The highest BCUT2D eigenvalue weighted by molar-refractivity contribution is 5.88. The summed E-state index contributed by atoms with van der Waals surface area (Å²) < 4.78 is 0. The number of likely N-dealkylation sites (N-methyl/N-ethyl adjacent to an activating group) is 1. The Labute approximate surface area is 135 Å². The molecule has 1 unspecified atom stereocenters. The fourth-order valence-electron chi connectivity index (χ4n) is 2.20. The lowest BCUT2D eigenvalue weighted by atomic mass is 10.1. The van der Waals surface area contributed by atoms with Crippen LogP contribution >= 0.6 is 0 Å². The zero-order valence-electron chi connectivity index (χ0n) is 13.2. The number of carbonyl (C=O) groups excluding carboxylic acids is 2. The van der Waals surface area contributed by atoms with Crippen molar-refractivity contribution in [2.75, 3.05) is 14.2 Å². The standard InChI is InChI=1S/C18H20N2O3/c1-20(23-2)18(22)17(15-11-7-4-8-12-15)19-16(21)13-14-9-5-3-6-10-14/h3-12,17H,13H2,1-2H3,(H,19,21). The maximum atomic E-state index is 12.4. The molecule has 0 saturated heterocycles. The summed E-state index contributed by atoms with van der Waals surface area (Å²) in [5.74, 6) is -0.553. The summed E-state index contributed by atoms with van der Waals surface area (Å²) >= 11 is 0. The lowest BCUT2D eigenvalue weighted by Gasteiger charge is -2.23. The highest BCUT2D eigenvalue weighted by atomic mass is 16.7. The van der Waals surface area contributed by atoms with Gasteiger partial charge in [-0.3, -0.25) is 14.4 Å². The minimum absolute atomic E-state index is 0.216. The van der Waals surface area contributed by atoms with Crippen molar-refractivity contribution in [3.63, 3.8) is 0 Å². The molecule has 0 radical (unpaired) electrons. The van der Waals surface area contributed by atoms with Crippen molar-refractivity contribution in [1.82, 2.24) is 10.4 Å². The van der Waals surface area contributed by atoms with Crippen LogP contribution < -0.4 is 5.32 Å². The Morgan fingerprint density at radius 3 is 2.17 bits per heavy atom. The second kappa shape index (κ2) is 8.10. The Morgan fingerprint density at radius 2 is 1.61 bits per heavy atom. The summed E-state index contributed by atoms with van der Waals surface area (Å²) in [6.45, 7) is 0. The summed E-state index contributed by atoms with van der Waals surface area (Å²) in [4.78, 5) is 29.7. The predicted molar refractivity (Wildman–Crippen MR) is 87.3 cm³/mol. The Kier molecular flexibility index (Phi) is 5.88. The van der Waals surface area contributed by atoms with E-state index in [1.165, 1.54) is 14.2 Å². The molecule has 1 atom stereocenters. The molecule has 1 N–H and O–H groups in total. The quantitative estimate of drug-likeness (QED) is 0.831. The van der Waals surface area contributed by atoms with Gasteiger partial charge in [0.15, 0.2) is 0 Å². The summed E-state index contributed by atoms with van der Waals surface area (Å²) in [7, 11) is 2.92. The second-order valence-corrected chi connectivity index (χ2v) is 5.09. The molecule has 0 aliphatic rings. The SMILES string of the molecule is CON(C)C(=O)C(NC(=O)Cc1ccccc1)c1ccccc1. The summed E-state index contributed by atoms with van der Waals surface area (Å²) in [6.07, 6.45) is 0.216. The average Bonchev–Trinajstić information content (AvgIpc) is 2.60. The molecular weight excluding hydrogens is 292 g/mol. The van der Waals surface area contributed by atoms with E-state index in [2.05, 4.69) is 5.32 Å². The lowest BCUT2D eigenvalue weighted by Crippen LogP contribution is -2.41. The molecule has 2 amide bonds. The number of nitrogens with one attached hydrogen (secondary N) is 1. The van der Waals surface area contributed by atoms with E-state index in [1.807, 2.05) is 48.5 Å². The van der Waals surface area contributed by atoms with E-state index in [0.717, 1.165) is 10.6 Å². The Hall–Kier alpha value is -2.66. The van der Waals surface area contributed by atoms with Crippen LogP contribution in [0, 0.1) is 0 Å². The fourth-order valence-corrected chi connectivity index (χ4v) is 2.20. The van der Waals surface area contributed by atoms with Crippen molar-refractivity contribution >= 4 is 11.8 Å². The van der Waals surface area contributed by atoms with E-state index in [0.29, 0.717) is 5.56 Å². The molecule has 0 saturated carbocycles. The molecule has 23 heavy (non-hydrogen) atoms. The van der Waals surface area contributed by atoms with Crippen LogP contribution in [0.4, 0.5) is 0 Å².